The number of halogens is 4. The lowest BCUT2D eigenvalue weighted by atomic mass is 10.1. The van der Waals surface area contributed by atoms with Gasteiger partial charge in [0.2, 0.25) is 0 Å². The van der Waals surface area contributed by atoms with Crippen LogP contribution in [0.4, 0.5) is 19.0 Å². The van der Waals surface area contributed by atoms with Gasteiger partial charge in [0.25, 0.3) is 0 Å². The van der Waals surface area contributed by atoms with E-state index < -0.39 is 17.8 Å². The maximum Gasteiger partial charge on any atom is 0.417 e. The van der Waals surface area contributed by atoms with Crippen molar-refractivity contribution in [2.75, 3.05) is 18.0 Å². The van der Waals surface area contributed by atoms with Crippen molar-refractivity contribution < 1.29 is 18.3 Å². The molecule has 6 nitrogen and oxygen atoms in total. The zero-order valence-corrected chi connectivity index (χ0v) is 12.8. The molecule has 1 fully saturated rings. The Morgan fingerprint density at radius 1 is 1.39 bits per heavy atom. The van der Waals surface area contributed by atoms with Gasteiger partial charge in [-0.1, -0.05) is 16.8 Å². The van der Waals surface area contributed by atoms with Gasteiger partial charge in [0.05, 0.1) is 28.9 Å². The Bertz CT molecular complexity index is 712. The minimum atomic E-state index is -4.47. The maximum atomic E-state index is 12.6. The molecule has 0 amide bonds. The molecule has 0 spiro atoms. The lowest BCUT2D eigenvalue weighted by Gasteiger charge is -2.40. The summed E-state index contributed by atoms with van der Waals surface area (Å²) in [7, 11) is 0. The van der Waals surface area contributed by atoms with E-state index in [1.54, 1.807) is 22.7 Å². The number of aliphatic hydroxyl groups excluding tert-OH is 1. The summed E-state index contributed by atoms with van der Waals surface area (Å²) in [5, 5.41) is 17.2. The highest BCUT2D eigenvalue weighted by Gasteiger charge is 2.35. The van der Waals surface area contributed by atoms with Gasteiger partial charge in [-0.25, -0.2) is 9.67 Å². The van der Waals surface area contributed by atoms with Crippen LogP contribution in [-0.2, 0) is 6.18 Å². The summed E-state index contributed by atoms with van der Waals surface area (Å²) < 4.78 is 39.4. The van der Waals surface area contributed by atoms with E-state index in [9.17, 15) is 18.3 Å². The predicted octanol–water partition coefficient (Wildman–Crippen LogP) is 2.46. The van der Waals surface area contributed by atoms with Gasteiger partial charge in [0.1, 0.15) is 11.5 Å². The zero-order chi connectivity index (χ0) is 16.8. The SMILES string of the molecule is CC(O)c1cn(C2CN(c3ncc(C(F)(F)F)cc3Cl)C2)nn1. The third kappa shape index (κ3) is 3.11. The lowest BCUT2D eigenvalue weighted by Crippen LogP contribution is -2.48. The Hall–Kier alpha value is -1.87. The van der Waals surface area contributed by atoms with Crippen LogP contribution in [0, 0.1) is 0 Å². The molecule has 10 heteroatoms. The van der Waals surface area contributed by atoms with Crippen molar-refractivity contribution in [1.82, 2.24) is 20.0 Å². The number of pyridine rings is 1. The molecule has 1 saturated heterocycles. The third-order valence-corrected chi connectivity index (χ3v) is 3.92. The highest BCUT2D eigenvalue weighted by molar-refractivity contribution is 6.33. The Kier molecular flexibility index (Phi) is 3.93. The van der Waals surface area contributed by atoms with Gasteiger partial charge in [0.15, 0.2) is 0 Å². The molecule has 1 unspecified atom stereocenters. The topological polar surface area (TPSA) is 67.1 Å². The molecule has 0 radical (unpaired) electrons. The molecular weight excluding hydrogens is 335 g/mol. The van der Waals surface area contributed by atoms with Crippen molar-refractivity contribution in [2.24, 2.45) is 0 Å². The lowest BCUT2D eigenvalue weighted by molar-refractivity contribution is -0.137. The number of aromatic nitrogens is 4. The van der Waals surface area contributed by atoms with Crippen LogP contribution in [-0.4, -0.2) is 38.2 Å². The molecule has 2 aromatic heterocycles. The van der Waals surface area contributed by atoms with E-state index in [0.717, 1.165) is 12.3 Å². The molecule has 3 heterocycles. The van der Waals surface area contributed by atoms with Crippen LogP contribution in [0.1, 0.15) is 30.3 Å². The van der Waals surface area contributed by atoms with Crippen molar-refractivity contribution in [1.29, 1.82) is 0 Å². The molecule has 0 aromatic carbocycles. The number of anilines is 1. The number of rotatable bonds is 3. The number of alkyl halides is 3. The summed E-state index contributed by atoms with van der Waals surface area (Å²) in [6, 6.07) is 0.883. The van der Waals surface area contributed by atoms with E-state index in [2.05, 4.69) is 15.3 Å². The summed E-state index contributed by atoms with van der Waals surface area (Å²) in [5.74, 6) is 0.312. The average Bonchev–Trinajstić information content (AvgIpc) is 2.87. The fourth-order valence-corrected chi connectivity index (χ4v) is 2.56. The van der Waals surface area contributed by atoms with Gasteiger partial charge < -0.3 is 10.0 Å². The second-order valence-electron chi connectivity index (χ2n) is 5.39. The predicted molar refractivity (Wildman–Crippen MR) is 76.2 cm³/mol. The highest BCUT2D eigenvalue weighted by Crippen LogP contribution is 2.36. The average molecular weight is 348 g/mol. The molecule has 0 bridgehead atoms. The Morgan fingerprint density at radius 3 is 2.61 bits per heavy atom. The van der Waals surface area contributed by atoms with E-state index in [1.807, 2.05) is 0 Å². The van der Waals surface area contributed by atoms with Gasteiger partial charge in [-0.05, 0) is 13.0 Å². The molecule has 124 valence electrons. The summed E-state index contributed by atoms with van der Waals surface area (Å²) >= 11 is 5.91. The van der Waals surface area contributed by atoms with Crippen LogP contribution in [0.5, 0.6) is 0 Å². The van der Waals surface area contributed by atoms with E-state index in [-0.39, 0.29) is 11.1 Å². The van der Waals surface area contributed by atoms with Gasteiger partial charge in [0, 0.05) is 19.3 Å². The van der Waals surface area contributed by atoms with Crippen LogP contribution in [0.2, 0.25) is 5.02 Å². The van der Waals surface area contributed by atoms with Crippen molar-refractivity contribution in [3.05, 3.63) is 34.7 Å². The number of aliphatic hydroxyl groups is 1. The molecule has 0 saturated carbocycles. The number of hydrogen-bond acceptors (Lipinski definition) is 5. The van der Waals surface area contributed by atoms with E-state index >= 15 is 0 Å². The normalized spacial score (nSPS) is 17.2. The van der Waals surface area contributed by atoms with Crippen LogP contribution in [0.25, 0.3) is 0 Å². The van der Waals surface area contributed by atoms with Crippen molar-refractivity contribution in [3.8, 4) is 0 Å². The fraction of sp³-hybridized carbons (Fsp3) is 0.462. The third-order valence-electron chi connectivity index (χ3n) is 3.64. The van der Waals surface area contributed by atoms with E-state index in [1.165, 1.54) is 0 Å². The first-order chi connectivity index (χ1) is 10.8. The first-order valence-corrected chi connectivity index (χ1v) is 7.21. The van der Waals surface area contributed by atoms with Crippen LogP contribution in [0.15, 0.2) is 18.5 Å². The summed E-state index contributed by atoms with van der Waals surface area (Å²) in [4.78, 5) is 5.58. The molecular formula is C13H13ClF3N5O. The molecule has 3 rings (SSSR count). The molecule has 1 atom stereocenters. The molecule has 1 aliphatic heterocycles. The quantitative estimate of drug-likeness (QED) is 0.923. The van der Waals surface area contributed by atoms with Gasteiger partial charge in [-0.3, -0.25) is 0 Å². The minimum absolute atomic E-state index is 0.00941. The molecule has 1 aliphatic rings. The minimum Gasteiger partial charge on any atom is -0.387 e. The van der Waals surface area contributed by atoms with Crippen molar-refractivity contribution >= 4 is 17.4 Å². The monoisotopic (exact) mass is 347 g/mol. The second-order valence-corrected chi connectivity index (χ2v) is 5.79. The molecule has 0 aliphatic carbocycles. The first-order valence-electron chi connectivity index (χ1n) is 6.83. The standard InChI is InChI=1S/C13H13ClF3N5O/c1-7(23)11-6-22(20-19-11)9-4-21(5-9)12-10(14)2-8(3-18-12)13(15,16)17/h2-3,6-7,9,23H,4-5H2,1H3. The van der Waals surface area contributed by atoms with Crippen molar-refractivity contribution in [3.63, 3.8) is 0 Å². The fourth-order valence-electron chi connectivity index (χ4n) is 2.27. The van der Waals surface area contributed by atoms with Gasteiger partial charge >= 0.3 is 6.18 Å². The smallest absolute Gasteiger partial charge is 0.387 e. The van der Waals surface area contributed by atoms with Crippen LogP contribution >= 0.6 is 11.6 Å². The van der Waals surface area contributed by atoms with Crippen LogP contribution < -0.4 is 4.90 Å². The maximum absolute atomic E-state index is 12.6. The first kappa shape index (κ1) is 16.0. The summed E-state index contributed by atoms with van der Waals surface area (Å²) in [6.07, 6.45) is -2.75. The molecule has 23 heavy (non-hydrogen) atoms. The van der Waals surface area contributed by atoms with Gasteiger partial charge in [-0.2, -0.15) is 13.2 Å². The molecule has 1 N–H and O–H groups in total. The zero-order valence-electron chi connectivity index (χ0n) is 12.0. The van der Waals surface area contributed by atoms with E-state index in [0.29, 0.717) is 24.6 Å². The van der Waals surface area contributed by atoms with Crippen LogP contribution in [0.3, 0.4) is 0 Å². The Morgan fingerprint density at radius 2 is 2.09 bits per heavy atom. The second kappa shape index (κ2) is 5.64. The molecule has 2 aromatic rings. The van der Waals surface area contributed by atoms with E-state index in [4.69, 9.17) is 11.6 Å². The largest absolute Gasteiger partial charge is 0.417 e. The van der Waals surface area contributed by atoms with Gasteiger partial charge in [-0.15, -0.1) is 5.10 Å². The Balaban J connectivity index is 1.69. The highest BCUT2D eigenvalue weighted by atomic mass is 35.5. The Labute approximate surface area is 134 Å². The number of nitrogens with zero attached hydrogens (tertiary/aromatic N) is 5. The van der Waals surface area contributed by atoms with Crippen molar-refractivity contribution in [2.45, 2.75) is 25.2 Å². The summed E-state index contributed by atoms with van der Waals surface area (Å²) in [5.41, 5.74) is -0.407. The summed E-state index contributed by atoms with van der Waals surface area (Å²) in [6.45, 7) is 2.59. The number of hydrogen-bond donors (Lipinski definition) is 1.